The molecule has 0 fully saturated rings. The molecule has 0 radical (unpaired) electrons. The van der Waals surface area contributed by atoms with Crippen molar-refractivity contribution in [3.63, 3.8) is 0 Å². The average molecular weight is 363 g/mol. The lowest BCUT2D eigenvalue weighted by Crippen LogP contribution is -2.32. The standard InChI is InChI=1S/C18H19ClN2O4/c1-11-7-12(2)17(14(19)8-11)21-18(22)20-5-6-23-13-3-4-15-16(9-13)25-10-24-15/h3-4,7-9H,5-6,10H2,1-2H3,(H2,20,21,22). The third-order valence-corrected chi connectivity index (χ3v) is 3.97. The zero-order valence-corrected chi connectivity index (χ0v) is 14.8. The number of urea groups is 1. The fraction of sp³-hybridized carbons (Fsp3) is 0.278. The second kappa shape index (κ2) is 7.53. The van der Waals surface area contributed by atoms with Crippen LogP contribution in [0.25, 0.3) is 0 Å². The Morgan fingerprint density at radius 1 is 1.20 bits per heavy atom. The monoisotopic (exact) mass is 362 g/mol. The van der Waals surface area contributed by atoms with Gasteiger partial charge in [0.2, 0.25) is 6.79 Å². The van der Waals surface area contributed by atoms with Crippen LogP contribution in [-0.4, -0.2) is 26.0 Å². The molecule has 132 valence electrons. The maximum atomic E-state index is 12.0. The number of carbonyl (C=O) groups excluding carboxylic acids is 1. The first-order valence-corrected chi connectivity index (χ1v) is 8.25. The van der Waals surface area contributed by atoms with E-state index in [2.05, 4.69) is 10.6 Å². The predicted octanol–water partition coefficient (Wildman–Crippen LogP) is 3.89. The molecule has 2 N–H and O–H groups in total. The van der Waals surface area contributed by atoms with Gasteiger partial charge in [0.1, 0.15) is 12.4 Å². The first-order valence-electron chi connectivity index (χ1n) is 7.87. The number of rotatable bonds is 5. The highest BCUT2D eigenvalue weighted by atomic mass is 35.5. The third kappa shape index (κ3) is 4.28. The molecular formula is C18H19ClN2O4. The van der Waals surface area contributed by atoms with Crippen LogP contribution in [0.4, 0.5) is 10.5 Å². The smallest absolute Gasteiger partial charge is 0.319 e. The van der Waals surface area contributed by atoms with E-state index in [9.17, 15) is 4.79 Å². The summed E-state index contributed by atoms with van der Waals surface area (Å²) in [5.74, 6) is 2.02. The number of fused-ring (bicyclic) bond motifs is 1. The quantitative estimate of drug-likeness (QED) is 0.792. The van der Waals surface area contributed by atoms with E-state index in [1.807, 2.05) is 26.0 Å². The van der Waals surface area contributed by atoms with Gasteiger partial charge in [0.15, 0.2) is 11.5 Å². The van der Waals surface area contributed by atoms with Crippen LogP contribution in [0.5, 0.6) is 17.2 Å². The largest absolute Gasteiger partial charge is 0.492 e. The summed E-state index contributed by atoms with van der Waals surface area (Å²) in [6.45, 7) is 4.76. The van der Waals surface area contributed by atoms with Gasteiger partial charge in [-0.05, 0) is 43.2 Å². The van der Waals surface area contributed by atoms with Crippen LogP contribution in [0.3, 0.4) is 0 Å². The SMILES string of the molecule is Cc1cc(C)c(NC(=O)NCCOc2ccc3c(c2)OCO3)c(Cl)c1. The minimum Gasteiger partial charge on any atom is -0.492 e. The molecule has 2 aromatic carbocycles. The molecular weight excluding hydrogens is 344 g/mol. The van der Waals surface area contributed by atoms with Crippen LogP contribution in [0.1, 0.15) is 11.1 Å². The van der Waals surface area contributed by atoms with Crippen molar-refractivity contribution in [3.8, 4) is 17.2 Å². The van der Waals surface area contributed by atoms with Crippen LogP contribution in [0.15, 0.2) is 30.3 Å². The zero-order chi connectivity index (χ0) is 17.8. The lowest BCUT2D eigenvalue weighted by atomic mass is 10.1. The Morgan fingerprint density at radius 3 is 2.80 bits per heavy atom. The highest BCUT2D eigenvalue weighted by Gasteiger charge is 2.13. The molecule has 1 aliphatic rings. The van der Waals surface area contributed by atoms with E-state index in [-0.39, 0.29) is 12.8 Å². The predicted molar refractivity (Wildman–Crippen MR) is 96.0 cm³/mol. The molecule has 0 aromatic heterocycles. The molecule has 0 bridgehead atoms. The molecule has 0 saturated carbocycles. The van der Waals surface area contributed by atoms with E-state index in [0.717, 1.165) is 11.1 Å². The summed E-state index contributed by atoms with van der Waals surface area (Å²) in [7, 11) is 0. The van der Waals surface area contributed by atoms with Gasteiger partial charge in [-0.1, -0.05) is 17.7 Å². The second-order valence-corrected chi connectivity index (χ2v) is 6.09. The molecule has 2 aromatic rings. The normalized spacial score (nSPS) is 12.0. The molecule has 2 amide bonds. The maximum Gasteiger partial charge on any atom is 0.319 e. The van der Waals surface area contributed by atoms with Gasteiger partial charge in [-0.25, -0.2) is 4.79 Å². The number of anilines is 1. The number of amides is 2. The summed E-state index contributed by atoms with van der Waals surface area (Å²) in [4.78, 5) is 12.0. The molecule has 0 spiro atoms. The van der Waals surface area contributed by atoms with Crippen LogP contribution < -0.4 is 24.8 Å². The van der Waals surface area contributed by atoms with E-state index < -0.39 is 0 Å². The van der Waals surface area contributed by atoms with Gasteiger partial charge in [0, 0.05) is 6.07 Å². The van der Waals surface area contributed by atoms with E-state index in [1.54, 1.807) is 18.2 Å². The van der Waals surface area contributed by atoms with Gasteiger partial charge in [-0.3, -0.25) is 0 Å². The van der Waals surface area contributed by atoms with Gasteiger partial charge in [-0.2, -0.15) is 0 Å². The number of benzene rings is 2. The molecule has 6 nitrogen and oxygen atoms in total. The molecule has 0 aliphatic carbocycles. The summed E-state index contributed by atoms with van der Waals surface area (Å²) in [6, 6.07) is 8.79. The van der Waals surface area contributed by atoms with Gasteiger partial charge in [-0.15, -0.1) is 0 Å². The van der Waals surface area contributed by atoms with Crippen molar-refractivity contribution in [3.05, 3.63) is 46.5 Å². The van der Waals surface area contributed by atoms with Crippen LogP contribution in [0.2, 0.25) is 5.02 Å². The number of halogens is 1. The molecule has 3 rings (SSSR count). The van der Waals surface area contributed by atoms with E-state index in [4.69, 9.17) is 25.8 Å². The van der Waals surface area contributed by atoms with E-state index in [1.165, 1.54) is 0 Å². The topological polar surface area (TPSA) is 68.8 Å². The highest BCUT2D eigenvalue weighted by Crippen LogP contribution is 2.35. The number of nitrogens with one attached hydrogen (secondary N) is 2. The zero-order valence-electron chi connectivity index (χ0n) is 14.0. The van der Waals surface area contributed by atoms with Crippen molar-refractivity contribution < 1.29 is 19.0 Å². The van der Waals surface area contributed by atoms with Crippen LogP contribution in [0, 0.1) is 13.8 Å². The molecule has 0 saturated heterocycles. The Bertz CT molecular complexity index is 772. The minimum absolute atomic E-state index is 0.224. The lowest BCUT2D eigenvalue weighted by molar-refractivity contribution is 0.173. The summed E-state index contributed by atoms with van der Waals surface area (Å²) >= 11 is 6.18. The first kappa shape index (κ1) is 17.2. The molecule has 7 heteroatoms. The minimum atomic E-state index is -0.330. The first-order chi connectivity index (χ1) is 12.0. The fourth-order valence-corrected chi connectivity index (χ4v) is 2.90. The molecule has 1 aliphatic heterocycles. The second-order valence-electron chi connectivity index (χ2n) is 5.68. The van der Waals surface area contributed by atoms with Gasteiger partial charge in [0.05, 0.1) is 17.3 Å². The third-order valence-electron chi connectivity index (χ3n) is 3.67. The Balaban J connectivity index is 1.45. The Labute approximate surface area is 151 Å². The van der Waals surface area contributed by atoms with Gasteiger partial charge < -0.3 is 24.8 Å². The summed E-state index contributed by atoms with van der Waals surface area (Å²) < 4.78 is 16.1. The Morgan fingerprint density at radius 2 is 2.00 bits per heavy atom. The van der Waals surface area contributed by atoms with Crippen LogP contribution >= 0.6 is 11.6 Å². The van der Waals surface area contributed by atoms with Crippen molar-refractivity contribution in [1.29, 1.82) is 0 Å². The highest BCUT2D eigenvalue weighted by molar-refractivity contribution is 6.34. The van der Waals surface area contributed by atoms with E-state index in [0.29, 0.717) is 41.1 Å². The molecule has 0 unspecified atom stereocenters. The fourth-order valence-electron chi connectivity index (χ4n) is 2.53. The van der Waals surface area contributed by atoms with Crippen molar-refractivity contribution in [2.24, 2.45) is 0 Å². The van der Waals surface area contributed by atoms with Crippen molar-refractivity contribution in [2.75, 3.05) is 25.3 Å². The molecule has 0 atom stereocenters. The number of hydrogen-bond donors (Lipinski definition) is 2. The number of aryl methyl sites for hydroxylation is 2. The summed E-state index contributed by atoms with van der Waals surface area (Å²) in [5, 5.41) is 6.02. The number of hydrogen-bond acceptors (Lipinski definition) is 4. The summed E-state index contributed by atoms with van der Waals surface area (Å²) in [5.41, 5.74) is 2.57. The maximum absolute atomic E-state index is 12.0. The van der Waals surface area contributed by atoms with E-state index >= 15 is 0 Å². The Kier molecular flexibility index (Phi) is 5.19. The molecule has 1 heterocycles. The summed E-state index contributed by atoms with van der Waals surface area (Å²) in [6.07, 6.45) is 0. The average Bonchev–Trinajstić information content (AvgIpc) is 3.02. The van der Waals surface area contributed by atoms with Gasteiger partial charge >= 0.3 is 6.03 Å². The number of carbonyl (C=O) groups is 1. The number of ether oxygens (including phenoxy) is 3. The molecule has 25 heavy (non-hydrogen) atoms. The Hall–Kier alpha value is -2.60. The van der Waals surface area contributed by atoms with Gasteiger partial charge in [0.25, 0.3) is 0 Å². The van der Waals surface area contributed by atoms with Crippen molar-refractivity contribution >= 4 is 23.3 Å². The van der Waals surface area contributed by atoms with Crippen molar-refractivity contribution in [2.45, 2.75) is 13.8 Å². The van der Waals surface area contributed by atoms with Crippen molar-refractivity contribution in [1.82, 2.24) is 5.32 Å². The van der Waals surface area contributed by atoms with Crippen LogP contribution in [-0.2, 0) is 0 Å². The lowest BCUT2D eigenvalue weighted by Gasteiger charge is -2.13.